The second kappa shape index (κ2) is 11.0. The highest BCUT2D eigenvalue weighted by molar-refractivity contribution is 6.99. The maximum absolute atomic E-state index is 13.6. The summed E-state index contributed by atoms with van der Waals surface area (Å²) in [6, 6.07) is 19.0. The first-order valence-electron chi connectivity index (χ1n) is 11.2. The third-order valence-electron chi connectivity index (χ3n) is 5.95. The normalized spacial score (nSPS) is 15.1. The van der Waals surface area contributed by atoms with Crippen LogP contribution in [0.1, 0.15) is 59.8 Å². The molecule has 1 aliphatic carbocycles. The van der Waals surface area contributed by atoms with Gasteiger partial charge in [-0.3, -0.25) is 9.59 Å². The monoisotopic (exact) mass is 448 g/mol. The van der Waals surface area contributed by atoms with Gasteiger partial charge in [-0.25, -0.2) is 0 Å². The Balaban J connectivity index is 1.64. The minimum atomic E-state index is -0.726. The third kappa shape index (κ3) is 5.59. The van der Waals surface area contributed by atoms with E-state index in [1.54, 1.807) is 4.90 Å². The van der Waals surface area contributed by atoms with E-state index in [0.29, 0.717) is 13.0 Å². The smallest absolute Gasteiger partial charge is 0.276 e. The molecule has 1 fully saturated rings. The number of hydrogen-bond acceptors (Lipinski definition) is 5. The Morgan fingerprint density at radius 2 is 1.69 bits per heavy atom. The SMILES string of the molecule is O=C(NC1CCCCC1)C(c1ccccc1)N(CCc1ccccc1)C(=O)c1cnsn1. The van der Waals surface area contributed by atoms with Crippen LogP contribution in [0.4, 0.5) is 0 Å². The van der Waals surface area contributed by atoms with Crippen LogP contribution < -0.4 is 5.32 Å². The van der Waals surface area contributed by atoms with E-state index in [1.807, 2.05) is 60.7 Å². The molecule has 0 radical (unpaired) electrons. The van der Waals surface area contributed by atoms with Crippen molar-refractivity contribution in [3.63, 3.8) is 0 Å². The van der Waals surface area contributed by atoms with Gasteiger partial charge >= 0.3 is 0 Å². The summed E-state index contributed by atoms with van der Waals surface area (Å²) in [5.41, 5.74) is 2.18. The standard InChI is InChI=1S/C25H28N4O2S/c30-24(27-21-14-8-3-9-15-21)23(20-12-6-2-7-13-20)29(25(31)22-18-26-32-28-22)17-16-19-10-4-1-5-11-19/h1-2,4-7,10-13,18,21,23H,3,8-9,14-17H2,(H,27,30). The summed E-state index contributed by atoms with van der Waals surface area (Å²) in [6.07, 6.45) is 7.56. The van der Waals surface area contributed by atoms with Gasteiger partial charge in [0.15, 0.2) is 5.69 Å². The Bertz CT molecular complexity index is 989. The molecule has 2 amide bonds. The van der Waals surface area contributed by atoms with Crippen LogP contribution in [0.25, 0.3) is 0 Å². The van der Waals surface area contributed by atoms with Crippen molar-refractivity contribution in [2.24, 2.45) is 0 Å². The van der Waals surface area contributed by atoms with Crippen molar-refractivity contribution < 1.29 is 9.59 Å². The van der Waals surface area contributed by atoms with Crippen LogP contribution in [-0.2, 0) is 11.2 Å². The second-order valence-electron chi connectivity index (χ2n) is 8.18. The predicted octanol–water partition coefficient (Wildman–Crippen LogP) is 4.41. The lowest BCUT2D eigenvalue weighted by Gasteiger charge is -2.33. The number of aromatic nitrogens is 2. The summed E-state index contributed by atoms with van der Waals surface area (Å²) in [4.78, 5) is 28.7. The van der Waals surface area contributed by atoms with Crippen LogP contribution in [-0.4, -0.2) is 38.0 Å². The molecule has 1 heterocycles. The molecular weight excluding hydrogens is 420 g/mol. The molecule has 1 saturated carbocycles. The number of rotatable bonds is 8. The Labute approximate surface area is 193 Å². The molecule has 3 aromatic rings. The van der Waals surface area contributed by atoms with Crippen molar-refractivity contribution in [2.75, 3.05) is 6.54 Å². The summed E-state index contributed by atoms with van der Waals surface area (Å²) >= 11 is 0.996. The molecule has 1 atom stereocenters. The van der Waals surface area contributed by atoms with Crippen LogP contribution in [0, 0.1) is 0 Å². The lowest BCUT2D eigenvalue weighted by Crippen LogP contribution is -2.47. The molecule has 1 N–H and O–H groups in total. The zero-order valence-electron chi connectivity index (χ0n) is 18.0. The van der Waals surface area contributed by atoms with Crippen molar-refractivity contribution in [1.29, 1.82) is 0 Å². The van der Waals surface area contributed by atoms with Gasteiger partial charge in [-0.05, 0) is 30.4 Å². The first kappa shape index (κ1) is 22.1. The Hall–Kier alpha value is -3.06. The van der Waals surface area contributed by atoms with Gasteiger partial charge < -0.3 is 10.2 Å². The summed E-state index contributed by atoms with van der Waals surface area (Å²) in [7, 11) is 0. The van der Waals surface area contributed by atoms with E-state index in [2.05, 4.69) is 14.1 Å². The maximum atomic E-state index is 13.6. The van der Waals surface area contributed by atoms with Crippen LogP contribution in [0.5, 0.6) is 0 Å². The van der Waals surface area contributed by atoms with E-state index in [4.69, 9.17) is 0 Å². The van der Waals surface area contributed by atoms with E-state index < -0.39 is 6.04 Å². The zero-order valence-corrected chi connectivity index (χ0v) is 18.8. The lowest BCUT2D eigenvalue weighted by molar-refractivity contribution is -0.126. The number of benzene rings is 2. The number of hydrogen-bond donors (Lipinski definition) is 1. The predicted molar refractivity (Wildman–Crippen MR) is 125 cm³/mol. The van der Waals surface area contributed by atoms with Crippen LogP contribution in [0.3, 0.4) is 0 Å². The van der Waals surface area contributed by atoms with Gasteiger partial charge in [-0.2, -0.15) is 8.75 Å². The summed E-state index contributed by atoms with van der Waals surface area (Å²) in [5.74, 6) is -0.407. The molecule has 0 spiro atoms. The van der Waals surface area contributed by atoms with Crippen molar-refractivity contribution in [1.82, 2.24) is 19.0 Å². The minimum Gasteiger partial charge on any atom is -0.351 e. The number of nitrogens with one attached hydrogen (secondary N) is 1. The molecule has 32 heavy (non-hydrogen) atoms. The first-order chi connectivity index (χ1) is 15.7. The molecule has 4 rings (SSSR count). The average Bonchev–Trinajstić information content (AvgIpc) is 3.38. The fourth-order valence-electron chi connectivity index (χ4n) is 4.28. The van der Waals surface area contributed by atoms with E-state index in [1.165, 1.54) is 12.6 Å². The molecule has 0 bridgehead atoms. The highest BCUT2D eigenvalue weighted by Gasteiger charge is 2.34. The number of amides is 2. The van der Waals surface area contributed by atoms with E-state index >= 15 is 0 Å². The van der Waals surface area contributed by atoms with E-state index in [0.717, 1.165) is 48.5 Å². The van der Waals surface area contributed by atoms with Gasteiger partial charge in [0, 0.05) is 12.6 Å². The van der Waals surface area contributed by atoms with Crippen molar-refractivity contribution in [3.8, 4) is 0 Å². The van der Waals surface area contributed by atoms with Gasteiger partial charge in [0.1, 0.15) is 6.04 Å². The molecule has 1 unspecified atom stereocenters. The number of carbonyl (C=O) groups is 2. The second-order valence-corrected chi connectivity index (χ2v) is 8.74. The fourth-order valence-corrected chi connectivity index (χ4v) is 4.69. The average molecular weight is 449 g/mol. The van der Waals surface area contributed by atoms with Gasteiger partial charge in [0.05, 0.1) is 17.9 Å². The Morgan fingerprint density at radius 1 is 1.00 bits per heavy atom. The maximum Gasteiger partial charge on any atom is 0.276 e. The van der Waals surface area contributed by atoms with Gasteiger partial charge in [0.25, 0.3) is 5.91 Å². The number of carbonyl (C=O) groups excluding carboxylic acids is 2. The molecule has 7 heteroatoms. The molecule has 1 aromatic heterocycles. The number of nitrogens with zero attached hydrogens (tertiary/aromatic N) is 3. The Kier molecular flexibility index (Phi) is 7.61. The summed E-state index contributed by atoms with van der Waals surface area (Å²) in [6.45, 7) is 0.401. The van der Waals surface area contributed by atoms with E-state index in [9.17, 15) is 9.59 Å². The van der Waals surface area contributed by atoms with Crippen molar-refractivity contribution >= 4 is 23.5 Å². The Morgan fingerprint density at radius 3 is 2.34 bits per heavy atom. The molecule has 0 saturated heterocycles. The first-order valence-corrected chi connectivity index (χ1v) is 11.9. The summed E-state index contributed by atoms with van der Waals surface area (Å²) < 4.78 is 8.15. The molecule has 166 valence electrons. The molecule has 1 aliphatic rings. The quantitative estimate of drug-likeness (QED) is 0.554. The highest BCUT2D eigenvalue weighted by atomic mass is 32.1. The molecular formula is C25H28N4O2S. The molecule has 6 nitrogen and oxygen atoms in total. The van der Waals surface area contributed by atoms with Crippen LogP contribution in [0.2, 0.25) is 0 Å². The topological polar surface area (TPSA) is 75.2 Å². The van der Waals surface area contributed by atoms with Gasteiger partial charge in [0.2, 0.25) is 5.91 Å². The zero-order chi connectivity index (χ0) is 22.2. The van der Waals surface area contributed by atoms with Gasteiger partial charge in [-0.15, -0.1) is 0 Å². The molecule has 0 aliphatic heterocycles. The highest BCUT2D eigenvalue weighted by Crippen LogP contribution is 2.25. The largest absolute Gasteiger partial charge is 0.351 e. The van der Waals surface area contributed by atoms with Crippen molar-refractivity contribution in [2.45, 2.75) is 50.6 Å². The fraction of sp³-hybridized carbons (Fsp3) is 0.360. The van der Waals surface area contributed by atoms with E-state index in [-0.39, 0.29) is 23.6 Å². The third-order valence-corrected chi connectivity index (χ3v) is 6.43. The lowest BCUT2D eigenvalue weighted by atomic mass is 9.94. The van der Waals surface area contributed by atoms with Crippen LogP contribution >= 0.6 is 11.7 Å². The molecule has 2 aromatic carbocycles. The van der Waals surface area contributed by atoms with Crippen LogP contribution in [0.15, 0.2) is 66.9 Å². The minimum absolute atomic E-state index is 0.132. The van der Waals surface area contributed by atoms with Gasteiger partial charge in [-0.1, -0.05) is 79.9 Å². The van der Waals surface area contributed by atoms with Crippen molar-refractivity contribution in [3.05, 3.63) is 83.7 Å². The summed E-state index contributed by atoms with van der Waals surface area (Å²) in [5, 5.41) is 3.23.